The molecule has 1 aliphatic rings. The lowest BCUT2D eigenvalue weighted by Gasteiger charge is -2.26. The summed E-state index contributed by atoms with van der Waals surface area (Å²) < 4.78 is 5.26. The van der Waals surface area contributed by atoms with Crippen LogP contribution in [0.2, 0.25) is 0 Å². The molecule has 3 amide bonds. The number of fused-ring (bicyclic) bond motifs is 1. The van der Waals surface area contributed by atoms with Crippen molar-refractivity contribution < 1.29 is 14.0 Å². The third kappa shape index (κ3) is 1.54. The van der Waals surface area contributed by atoms with Crippen LogP contribution in [0.3, 0.4) is 0 Å². The molecule has 17 heavy (non-hydrogen) atoms. The highest BCUT2D eigenvalue weighted by molar-refractivity contribution is 6.08. The van der Waals surface area contributed by atoms with E-state index >= 15 is 0 Å². The van der Waals surface area contributed by atoms with Crippen LogP contribution < -0.4 is 10.2 Å². The molecule has 0 saturated carbocycles. The molecule has 0 bridgehead atoms. The number of carbonyl (C=O) groups is 2. The van der Waals surface area contributed by atoms with Gasteiger partial charge in [-0.3, -0.25) is 15.0 Å². The van der Waals surface area contributed by atoms with Gasteiger partial charge in [0.15, 0.2) is 12.0 Å². The molecule has 1 aromatic heterocycles. The molecule has 1 N–H and O–H groups in total. The zero-order valence-corrected chi connectivity index (χ0v) is 8.84. The average Bonchev–Trinajstić information content (AvgIpc) is 2.77. The van der Waals surface area contributed by atoms with E-state index in [0.29, 0.717) is 23.3 Å². The first-order valence-electron chi connectivity index (χ1n) is 5.19. The minimum Gasteiger partial charge on any atom is -0.441 e. The Bertz CT molecular complexity index is 605. The number of urea groups is 1. The van der Waals surface area contributed by atoms with E-state index in [9.17, 15) is 9.59 Å². The number of rotatable bonds is 1. The molecule has 6 nitrogen and oxygen atoms in total. The Labute approximate surface area is 96.2 Å². The quantitative estimate of drug-likeness (QED) is 0.802. The molecule has 0 aliphatic carbocycles. The zero-order chi connectivity index (χ0) is 11.8. The van der Waals surface area contributed by atoms with Gasteiger partial charge in [-0.1, -0.05) is 6.07 Å². The maximum atomic E-state index is 11.7. The highest BCUT2D eigenvalue weighted by atomic mass is 16.3. The standard InChI is InChI=1S/C11H9N3O3/c15-9-4-5-14(11(16)13-9)8-3-1-2-7-10(8)17-6-12-7/h1-3,6H,4-5H2,(H,13,15,16). The van der Waals surface area contributed by atoms with E-state index in [1.807, 2.05) is 0 Å². The maximum Gasteiger partial charge on any atom is 0.328 e. The summed E-state index contributed by atoms with van der Waals surface area (Å²) in [5.74, 6) is -0.254. The number of para-hydroxylation sites is 1. The maximum absolute atomic E-state index is 11.7. The zero-order valence-electron chi connectivity index (χ0n) is 8.84. The number of carbonyl (C=O) groups excluding carboxylic acids is 2. The van der Waals surface area contributed by atoms with Gasteiger partial charge in [0.25, 0.3) is 0 Å². The van der Waals surface area contributed by atoms with Gasteiger partial charge in [0, 0.05) is 13.0 Å². The van der Waals surface area contributed by atoms with Crippen molar-refractivity contribution in [3.8, 4) is 0 Å². The van der Waals surface area contributed by atoms with Crippen LogP contribution in [-0.4, -0.2) is 23.5 Å². The van der Waals surface area contributed by atoms with Gasteiger partial charge in [-0.2, -0.15) is 0 Å². The van der Waals surface area contributed by atoms with Crippen molar-refractivity contribution in [2.24, 2.45) is 0 Å². The lowest BCUT2D eigenvalue weighted by molar-refractivity contribution is -0.120. The van der Waals surface area contributed by atoms with Gasteiger partial charge in [-0.05, 0) is 12.1 Å². The third-order valence-corrected chi connectivity index (χ3v) is 2.68. The molecule has 0 radical (unpaired) electrons. The first-order valence-corrected chi connectivity index (χ1v) is 5.19. The Morgan fingerprint density at radius 2 is 2.24 bits per heavy atom. The minimum atomic E-state index is -0.426. The number of benzene rings is 1. The monoisotopic (exact) mass is 231 g/mol. The molecule has 3 rings (SSSR count). The van der Waals surface area contributed by atoms with Gasteiger partial charge in [0.1, 0.15) is 5.52 Å². The van der Waals surface area contributed by atoms with E-state index in [4.69, 9.17) is 4.42 Å². The molecular weight excluding hydrogens is 222 g/mol. The molecule has 86 valence electrons. The first-order chi connectivity index (χ1) is 8.25. The van der Waals surface area contributed by atoms with Crippen molar-refractivity contribution in [1.29, 1.82) is 0 Å². The van der Waals surface area contributed by atoms with Crippen molar-refractivity contribution in [1.82, 2.24) is 10.3 Å². The van der Waals surface area contributed by atoms with Crippen molar-refractivity contribution in [3.05, 3.63) is 24.6 Å². The molecule has 1 aromatic carbocycles. The largest absolute Gasteiger partial charge is 0.441 e. The molecule has 1 fully saturated rings. The van der Waals surface area contributed by atoms with E-state index in [-0.39, 0.29) is 12.3 Å². The fraction of sp³-hybridized carbons (Fsp3) is 0.182. The highest BCUT2D eigenvalue weighted by Gasteiger charge is 2.26. The van der Waals surface area contributed by atoms with Crippen LogP contribution >= 0.6 is 0 Å². The van der Waals surface area contributed by atoms with Crippen LogP contribution in [0.15, 0.2) is 29.0 Å². The Morgan fingerprint density at radius 3 is 3.06 bits per heavy atom. The molecule has 0 atom stereocenters. The number of anilines is 1. The summed E-state index contributed by atoms with van der Waals surface area (Å²) in [6, 6.07) is 4.94. The van der Waals surface area contributed by atoms with E-state index in [1.165, 1.54) is 11.3 Å². The second-order valence-electron chi connectivity index (χ2n) is 3.73. The summed E-state index contributed by atoms with van der Waals surface area (Å²) in [6.45, 7) is 0.352. The fourth-order valence-electron chi connectivity index (χ4n) is 1.88. The van der Waals surface area contributed by atoms with E-state index in [2.05, 4.69) is 10.3 Å². The Hall–Kier alpha value is -2.37. The summed E-state index contributed by atoms with van der Waals surface area (Å²) >= 11 is 0. The summed E-state index contributed by atoms with van der Waals surface area (Å²) in [5.41, 5.74) is 1.87. The van der Waals surface area contributed by atoms with Crippen molar-refractivity contribution >= 4 is 28.7 Å². The molecule has 0 unspecified atom stereocenters. The fourth-order valence-corrected chi connectivity index (χ4v) is 1.88. The van der Waals surface area contributed by atoms with Crippen LogP contribution in [0.4, 0.5) is 10.5 Å². The molecule has 0 spiro atoms. The number of aromatic nitrogens is 1. The van der Waals surface area contributed by atoms with Crippen LogP contribution in [0.5, 0.6) is 0 Å². The smallest absolute Gasteiger partial charge is 0.328 e. The number of hydrogen-bond acceptors (Lipinski definition) is 4. The van der Waals surface area contributed by atoms with Crippen LogP contribution in [0, 0.1) is 0 Å². The van der Waals surface area contributed by atoms with Gasteiger partial charge >= 0.3 is 6.03 Å². The van der Waals surface area contributed by atoms with Crippen molar-refractivity contribution in [2.75, 3.05) is 11.4 Å². The molecule has 1 saturated heterocycles. The van der Waals surface area contributed by atoms with Crippen LogP contribution in [-0.2, 0) is 4.79 Å². The Kier molecular flexibility index (Phi) is 2.07. The van der Waals surface area contributed by atoms with E-state index in [0.717, 1.165) is 0 Å². The second-order valence-corrected chi connectivity index (χ2v) is 3.73. The molecule has 2 heterocycles. The van der Waals surface area contributed by atoms with Gasteiger partial charge in [-0.25, -0.2) is 9.78 Å². The average molecular weight is 231 g/mol. The SMILES string of the molecule is O=C1CCN(c2cccc3ncoc23)C(=O)N1. The van der Waals surface area contributed by atoms with Crippen LogP contribution in [0.1, 0.15) is 6.42 Å². The van der Waals surface area contributed by atoms with E-state index in [1.54, 1.807) is 18.2 Å². The highest BCUT2D eigenvalue weighted by Crippen LogP contribution is 2.27. The third-order valence-electron chi connectivity index (χ3n) is 2.68. The van der Waals surface area contributed by atoms with Gasteiger partial charge in [0.05, 0.1) is 5.69 Å². The summed E-state index contributed by atoms with van der Waals surface area (Å²) in [7, 11) is 0. The number of amides is 3. The summed E-state index contributed by atoms with van der Waals surface area (Å²) in [6.07, 6.45) is 1.62. The van der Waals surface area contributed by atoms with Gasteiger partial charge in [-0.15, -0.1) is 0 Å². The summed E-state index contributed by atoms with van der Waals surface area (Å²) in [5, 5.41) is 2.27. The number of imide groups is 1. The lowest BCUT2D eigenvalue weighted by Crippen LogP contribution is -2.49. The Morgan fingerprint density at radius 1 is 1.35 bits per heavy atom. The van der Waals surface area contributed by atoms with Gasteiger partial charge < -0.3 is 4.42 Å². The lowest BCUT2D eigenvalue weighted by atomic mass is 10.2. The topological polar surface area (TPSA) is 75.4 Å². The minimum absolute atomic E-state index is 0.254. The van der Waals surface area contributed by atoms with Crippen molar-refractivity contribution in [2.45, 2.75) is 6.42 Å². The predicted molar refractivity (Wildman–Crippen MR) is 59.5 cm³/mol. The molecule has 2 aromatic rings. The predicted octanol–water partition coefficient (Wildman–Crippen LogP) is 1.27. The molecule has 1 aliphatic heterocycles. The molecular formula is C11H9N3O3. The van der Waals surface area contributed by atoms with Crippen LogP contribution in [0.25, 0.3) is 11.1 Å². The second kappa shape index (κ2) is 3.58. The number of hydrogen-bond donors (Lipinski definition) is 1. The Balaban J connectivity index is 2.06. The number of oxazole rings is 1. The van der Waals surface area contributed by atoms with Gasteiger partial charge in [0.2, 0.25) is 5.91 Å². The number of nitrogens with zero attached hydrogens (tertiary/aromatic N) is 2. The molecule has 6 heteroatoms. The first kappa shape index (κ1) is 9.83. The normalized spacial score (nSPS) is 16.4. The van der Waals surface area contributed by atoms with Crippen molar-refractivity contribution in [3.63, 3.8) is 0 Å². The van der Waals surface area contributed by atoms with E-state index < -0.39 is 6.03 Å². The summed E-state index contributed by atoms with van der Waals surface area (Å²) in [4.78, 5) is 28.3. The number of nitrogens with one attached hydrogen (secondary N) is 1.